The van der Waals surface area contributed by atoms with Crippen molar-refractivity contribution in [3.63, 3.8) is 0 Å². The molecule has 0 saturated heterocycles. The van der Waals surface area contributed by atoms with E-state index in [4.69, 9.17) is 9.47 Å². The van der Waals surface area contributed by atoms with E-state index in [1.807, 2.05) is 0 Å². The predicted molar refractivity (Wildman–Crippen MR) is 101 cm³/mol. The molecule has 26 heavy (non-hydrogen) atoms. The normalized spacial score (nSPS) is 11.8. The molecule has 0 saturated carbocycles. The zero-order valence-corrected chi connectivity index (χ0v) is 15.9. The van der Waals surface area contributed by atoms with Gasteiger partial charge in [-0.15, -0.1) is 0 Å². The monoisotopic (exact) mass is 375 g/mol. The molecule has 0 fully saturated rings. The Morgan fingerprint density at radius 2 is 1.96 bits per heavy atom. The largest absolute Gasteiger partial charge is 0.462 e. The van der Waals surface area contributed by atoms with Crippen LogP contribution in [0.1, 0.15) is 38.1 Å². The molecule has 7 nitrogen and oxygen atoms in total. The van der Waals surface area contributed by atoms with Crippen LogP contribution in [0.25, 0.3) is 11.6 Å². The number of esters is 1. The zero-order valence-electron chi connectivity index (χ0n) is 15.1. The molecule has 0 spiro atoms. The Kier molecular flexibility index (Phi) is 6.46. The first-order valence-corrected chi connectivity index (χ1v) is 8.85. The number of hydrogen-bond acceptors (Lipinski definition) is 7. The second-order valence-corrected chi connectivity index (χ2v) is 7.25. The van der Waals surface area contributed by atoms with Gasteiger partial charge in [0.25, 0.3) is 0 Å². The second-order valence-electron chi connectivity index (χ2n) is 6.22. The zero-order chi connectivity index (χ0) is 19.2. The molecule has 1 amide bonds. The first kappa shape index (κ1) is 19.6. The Hall–Kier alpha value is -2.74. The van der Waals surface area contributed by atoms with Gasteiger partial charge in [-0.05, 0) is 51.5 Å². The fourth-order valence-corrected chi connectivity index (χ4v) is 2.72. The van der Waals surface area contributed by atoms with E-state index in [-0.39, 0.29) is 6.61 Å². The highest BCUT2D eigenvalue weighted by atomic mass is 32.1. The molecule has 2 aromatic rings. The van der Waals surface area contributed by atoms with Crippen LogP contribution in [0.5, 0.6) is 0 Å². The van der Waals surface area contributed by atoms with E-state index in [1.54, 1.807) is 58.3 Å². The quantitative estimate of drug-likeness (QED) is 0.628. The van der Waals surface area contributed by atoms with Crippen LogP contribution in [-0.2, 0) is 14.3 Å². The minimum atomic E-state index is -0.610. The molecule has 2 rings (SSSR count). The van der Waals surface area contributed by atoms with Gasteiger partial charge < -0.3 is 9.47 Å². The highest BCUT2D eigenvalue weighted by Gasteiger charge is 2.20. The number of rotatable bonds is 5. The van der Waals surface area contributed by atoms with Crippen LogP contribution in [0.15, 0.2) is 30.7 Å². The van der Waals surface area contributed by atoms with Crippen LogP contribution < -0.4 is 5.32 Å². The van der Waals surface area contributed by atoms with Crippen molar-refractivity contribution >= 4 is 40.2 Å². The van der Waals surface area contributed by atoms with E-state index in [1.165, 1.54) is 6.20 Å². The number of nitrogens with zero attached hydrogens (tertiary/aromatic N) is 2. The van der Waals surface area contributed by atoms with Crippen molar-refractivity contribution in [2.75, 3.05) is 11.9 Å². The van der Waals surface area contributed by atoms with Crippen molar-refractivity contribution in [1.29, 1.82) is 0 Å². The van der Waals surface area contributed by atoms with Gasteiger partial charge in [0, 0.05) is 18.6 Å². The van der Waals surface area contributed by atoms with E-state index >= 15 is 0 Å². The number of thiazole rings is 1. The molecule has 0 bridgehead atoms. The average Bonchev–Trinajstić information content (AvgIpc) is 3.00. The minimum absolute atomic E-state index is 0.258. The maximum Gasteiger partial charge on any atom is 0.413 e. The molecule has 0 aliphatic carbocycles. The molecule has 0 atom stereocenters. The minimum Gasteiger partial charge on any atom is -0.462 e. The number of ether oxygens (including phenoxy) is 2. The highest BCUT2D eigenvalue weighted by Crippen LogP contribution is 2.28. The van der Waals surface area contributed by atoms with Gasteiger partial charge in [0.1, 0.15) is 5.60 Å². The molecule has 0 aromatic carbocycles. The molecular weight excluding hydrogens is 354 g/mol. The lowest BCUT2D eigenvalue weighted by Gasteiger charge is -2.18. The van der Waals surface area contributed by atoms with E-state index < -0.39 is 17.7 Å². The first-order valence-electron chi connectivity index (χ1n) is 8.03. The van der Waals surface area contributed by atoms with Crippen LogP contribution >= 0.6 is 11.3 Å². The van der Waals surface area contributed by atoms with Crippen molar-refractivity contribution in [1.82, 2.24) is 9.97 Å². The lowest BCUT2D eigenvalue weighted by atomic mass is 10.1. The number of aromatic nitrogens is 2. The van der Waals surface area contributed by atoms with Gasteiger partial charge in [0.15, 0.2) is 5.13 Å². The molecular formula is C18H21N3O4S. The topological polar surface area (TPSA) is 90.4 Å². The number of pyridine rings is 1. The summed E-state index contributed by atoms with van der Waals surface area (Å²) in [6.45, 7) is 7.32. The molecule has 0 aliphatic heterocycles. The molecule has 0 radical (unpaired) electrons. The predicted octanol–water partition coefficient (Wildman–Crippen LogP) is 3.99. The summed E-state index contributed by atoms with van der Waals surface area (Å²) in [5.41, 5.74) is 0.549. The highest BCUT2D eigenvalue weighted by molar-refractivity contribution is 7.17. The third-order valence-corrected chi connectivity index (χ3v) is 3.84. The summed E-state index contributed by atoms with van der Waals surface area (Å²) in [4.78, 5) is 32.9. The first-order chi connectivity index (χ1) is 12.3. The molecule has 2 aromatic heterocycles. The molecule has 1 N–H and O–H groups in total. The number of amides is 1. The van der Waals surface area contributed by atoms with Crippen molar-refractivity contribution in [3.05, 3.63) is 41.2 Å². The molecule has 138 valence electrons. The van der Waals surface area contributed by atoms with Crippen LogP contribution in [0.4, 0.5) is 9.93 Å². The van der Waals surface area contributed by atoms with E-state index in [0.717, 1.165) is 16.9 Å². The van der Waals surface area contributed by atoms with Gasteiger partial charge in [-0.25, -0.2) is 14.6 Å². The van der Waals surface area contributed by atoms with E-state index in [9.17, 15) is 9.59 Å². The fourth-order valence-electron chi connectivity index (χ4n) is 1.91. The van der Waals surface area contributed by atoms with Crippen LogP contribution in [0.3, 0.4) is 0 Å². The molecule has 0 unspecified atom stereocenters. The van der Waals surface area contributed by atoms with Gasteiger partial charge in [-0.3, -0.25) is 10.3 Å². The van der Waals surface area contributed by atoms with Gasteiger partial charge in [-0.2, -0.15) is 0 Å². The van der Waals surface area contributed by atoms with Crippen LogP contribution in [0.2, 0.25) is 0 Å². The van der Waals surface area contributed by atoms with E-state index in [0.29, 0.717) is 15.6 Å². The van der Waals surface area contributed by atoms with Gasteiger partial charge in [0.05, 0.1) is 17.1 Å². The summed E-state index contributed by atoms with van der Waals surface area (Å²) in [6, 6.07) is 3.56. The Morgan fingerprint density at radius 1 is 1.27 bits per heavy atom. The summed E-state index contributed by atoms with van der Waals surface area (Å²) < 4.78 is 10.3. The Labute approximate surface area is 156 Å². The number of hydrogen-bond donors (Lipinski definition) is 1. The van der Waals surface area contributed by atoms with Crippen molar-refractivity contribution in [2.24, 2.45) is 0 Å². The summed E-state index contributed by atoms with van der Waals surface area (Å²) >= 11 is 1.16. The molecule has 8 heteroatoms. The summed E-state index contributed by atoms with van der Waals surface area (Å²) in [5.74, 6) is -0.461. The molecule has 0 aliphatic rings. The van der Waals surface area contributed by atoms with Crippen molar-refractivity contribution in [3.8, 4) is 0 Å². The number of anilines is 1. The molecule has 2 heterocycles. The smallest absolute Gasteiger partial charge is 0.413 e. The Balaban J connectivity index is 2.24. The SMILES string of the molecule is CCOC(=O)/C(=C\c1ccncc1)c1cnc(NC(=O)OC(C)(C)C)s1. The van der Waals surface area contributed by atoms with E-state index in [2.05, 4.69) is 15.3 Å². The number of nitrogens with one attached hydrogen (secondary N) is 1. The Bertz CT molecular complexity index is 794. The summed E-state index contributed by atoms with van der Waals surface area (Å²) in [6.07, 6.45) is 5.88. The maximum atomic E-state index is 12.3. The number of carbonyl (C=O) groups excluding carboxylic acids is 2. The fraction of sp³-hybridized carbons (Fsp3) is 0.333. The number of carbonyl (C=O) groups is 2. The third-order valence-electron chi connectivity index (χ3n) is 2.89. The Morgan fingerprint density at radius 3 is 2.58 bits per heavy atom. The summed E-state index contributed by atoms with van der Waals surface area (Å²) in [7, 11) is 0. The third kappa shape index (κ3) is 5.96. The van der Waals surface area contributed by atoms with Crippen molar-refractivity contribution in [2.45, 2.75) is 33.3 Å². The average molecular weight is 375 g/mol. The lowest BCUT2D eigenvalue weighted by Crippen LogP contribution is -2.27. The van der Waals surface area contributed by atoms with Gasteiger partial charge in [-0.1, -0.05) is 11.3 Å². The van der Waals surface area contributed by atoms with Crippen molar-refractivity contribution < 1.29 is 19.1 Å². The van der Waals surface area contributed by atoms with Crippen LogP contribution in [-0.4, -0.2) is 34.2 Å². The summed E-state index contributed by atoms with van der Waals surface area (Å²) in [5, 5.41) is 2.90. The maximum absolute atomic E-state index is 12.3. The van der Waals surface area contributed by atoms with Gasteiger partial charge in [0.2, 0.25) is 0 Å². The second kappa shape index (κ2) is 8.57. The standard InChI is InChI=1S/C18H21N3O4S/c1-5-24-15(22)13(10-12-6-8-19-9-7-12)14-11-20-16(26-14)21-17(23)25-18(2,3)4/h6-11H,5H2,1-4H3,(H,20,21,23)/b13-10-. The van der Waals surface area contributed by atoms with Crippen LogP contribution in [0, 0.1) is 0 Å². The van der Waals surface area contributed by atoms with Gasteiger partial charge >= 0.3 is 12.1 Å². The lowest BCUT2D eigenvalue weighted by molar-refractivity contribution is -0.136.